The second-order valence-electron chi connectivity index (χ2n) is 2.95. The molecule has 0 fully saturated rings. The van der Waals surface area contributed by atoms with Crippen molar-refractivity contribution in [3.8, 4) is 0 Å². The fourth-order valence-corrected chi connectivity index (χ4v) is 1.08. The highest BCUT2D eigenvalue weighted by atomic mass is 19.4. The average molecular weight is 249 g/mol. The lowest BCUT2D eigenvalue weighted by molar-refractivity contribution is -0.153. The molecule has 94 valence electrons. The van der Waals surface area contributed by atoms with E-state index >= 15 is 0 Å². The lowest BCUT2D eigenvalue weighted by Gasteiger charge is -2.03. The number of aromatic nitrogens is 1. The van der Waals surface area contributed by atoms with Crippen LogP contribution in [0.3, 0.4) is 0 Å². The van der Waals surface area contributed by atoms with E-state index in [1.54, 1.807) is 6.92 Å². The van der Waals surface area contributed by atoms with Crippen molar-refractivity contribution >= 4 is 12.0 Å². The highest BCUT2D eigenvalue weighted by Crippen LogP contribution is 2.33. The summed E-state index contributed by atoms with van der Waals surface area (Å²) in [6.45, 7) is 3.03. The van der Waals surface area contributed by atoms with Gasteiger partial charge in [-0.3, -0.25) is 0 Å². The van der Waals surface area contributed by atoms with Gasteiger partial charge in [-0.05, 0) is 19.9 Å². The molecule has 0 saturated heterocycles. The van der Waals surface area contributed by atoms with Gasteiger partial charge in [0.2, 0.25) is 11.7 Å². The number of ether oxygens (including phenoxy) is 1. The molecule has 7 heteroatoms. The van der Waals surface area contributed by atoms with Crippen LogP contribution in [0.25, 0.3) is 6.08 Å². The molecule has 0 spiro atoms. The number of nitrogens with zero attached hydrogens (tertiary/aromatic N) is 1. The van der Waals surface area contributed by atoms with Crippen LogP contribution >= 0.6 is 0 Å². The van der Waals surface area contributed by atoms with Gasteiger partial charge in [0.15, 0.2) is 5.69 Å². The van der Waals surface area contributed by atoms with E-state index in [1.807, 2.05) is 0 Å². The second kappa shape index (κ2) is 5.03. The van der Waals surface area contributed by atoms with E-state index in [9.17, 15) is 18.0 Å². The van der Waals surface area contributed by atoms with Crippen LogP contribution in [0.4, 0.5) is 13.2 Å². The number of carbonyl (C=O) groups excluding carboxylic acids is 1. The number of esters is 1. The van der Waals surface area contributed by atoms with Crippen LogP contribution in [0.15, 0.2) is 10.5 Å². The summed E-state index contributed by atoms with van der Waals surface area (Å²) in [5, 5.41) is 0. The van der Waals surface area contributed by atoms with Crippen molar-refractivity contribution in [3.05, 3.63) is 23.4 Å². The van der Waals surface area contributed by atoms with Crippen molar-refractivity contribution in [2.24, 2.45) is 0 Å². The van der Waals surface area contributed by atoms with Crippen molar-refractivity contribution in [2.45, 2.75) is 20.0 Å². The third-order valence-electron chi connectivity index (χ3n) is 1.68. The van der Waals surface area contributed by atoms with Crippen LogP contribution in [0.2, 0.25) is 0 Å². The molecule has 17 heavy (non-hydrogen) atoms. The molecule has 0 N–H and O–H groups in total. The maximum absolute atomic E-state index is 12.5. The Morgan fingerprint density at radius 1 is 1.53 bits per heavy atom. The highest BCUT2D eigenvalue weighted by Gasteiger charge is 2.42. The fraction of sp³-hybridized carbons (Fsp3) is 0.400. The predicted octanol–water partition coefficient (Wildman–Crippen LogP) is 2.90. The van der Waals surface area contributed by atoms with Crippen molar-refractivity contribution in [1.29, 1.82) is 0 Å². The molecule has 0 bridgehead atoms. The molecule has 0 unspecified atom stereocenters. The van der Waals surface area contributed by atoms with Gasteiger partial charge < -0.3 is 9.15 Å². The molecule has 1 heterocycles. The van der Waals surface area contributed by atoms with Crippen molar-refractivity contribution in [3.63, 3.8) is 0 Å². The Bertz CT molecular complexity index is 434. The number of halogens is 3. The number of rotatable bonds is 3. The lowest BCUT2D eigenvalue weighted by atomic mass is 10.3. The first-order valence-electron chi connectivity index (χ1n) is 4.78. The number of hydrogen-bond acceptors (Lipinski definition) is 4. The first-order valence-corrected chi connectivity index (χ1v) is 4.78. The van der Waals surface area contributed by atoms with Gasteiger partial charge in [-0.15, -0.1) is 0 Å². The fourth-order valence-electron chi connectivity index (χ4n) is 1.08. The van der Waals surface area contributed by atoms with Crippen molar-refractivity contribution < 1.29 is 27.1 Å². The first-order chi connectivity index (χ1) is 7.90. The van der Waals surface area contributed by atoms with Crippen LogP contribution in [-0.2, 0) is 10.9 Å². The van der Waals surface area contributed by atoms with Crippen LogP contribution in [0.5, 0.6) is 0 Å². The van der Waals surface area contributed by atoms with Crippen LogP contribution in [-0.4, -0.2) is 17.6 Å². The molecule has 4 nitrogen and oxygen atoms in total. The van der Waals surface area contributed by atoms with Crippen LogP contribution < -0.4 is 0 Å². The van der Waals surface area contributed by atoms with Gasteiger partial charge in [-0.1, -0.05) is 6.08 Å². The third-order valence-corrected chi connectivity index (χ3v) is 1.68. The summed E-state index contributed by atoms with van der Waals surface area (Å²) >= 11 is 0. The summed E-state index contributed by atoms with van der Waals surface area (Å²) < 4.78 is 46.5. The van der Waals surface area contributed by atoms with E-state index in [2.05, 4.69) is 14.1 Å². The second-order valence-corrected chi connectivity index (χ2v) is 2.95. The van der Waals surface area contributed by atoms with Gasteiger partial charge in [-0.25, -0.2) is 9.78 Å². The molecule has 0 aliphatic rings. The zero-order valence-electron chi connectivity index (χ0n) is 9.17. The number of alkyl halides is 3. The lowest BCUT2D eigenvalue weighted by Crippen LogP contribution is -2.13. The van der Waals surface area contributed by atoms with Crippen LogP contribution in [0, 0.1) is 0 Å². The Kier molecular flexibility index (Phi) is 3.93. The van der Waals surface area contributed by atoms with E-state index in [-0.39, 0.29) is 12.5 Å². The molecular weight excluding hydrogens is 239 g/mol. The Hall–Kier alpha value is -1.79. The van der Waals surface area contributed by atoms with Gasteiger partial charge >= 0.3 is 12.1 Å². The Morgan fingerprint density at radius 2 is 2.18 bits per heavy atom. The third kappa shape index (κ3) is 3.08. The first kappa shape index (κ1) is 13.3. The molecule has 0 radical (unpaired) electrons. The van der Waals surface area contributed by atoms with Crippen LogP contribution in [0.1, 0.15) is 36.0 Å². The summed E-state index contributed by atoms with van der Waals surface area (Å²) in [7, 11) is 0. The number of allylic oxidation sites excluding steroid dienone is 1. The van der Waals surface area contributed by atoms with Crippen molar-refractivity contribution in [1.82, 2.24) is 4.98 Å². The summed E-state index contributed by atoms with van der Waals surface area (Å²) in [6, 6.07) is 0. The predicted molar refractivity (Wildman–Crippen MR) is 52.2 cm³/mol. The Morgan fingerprint density at radius 3 is 2.65 bits per heavy atom. The topological polar surface area (TPSA) is 52.3 Å². The monoisotopic (exact) mass is 249 g/mol. The minimum absolute atomic E-state index is 0.0397. The largest absolute Gasteiger partial charge is 0.461 e. The van der Waals surface area contributed by atoms with Gasteiger partial charge in [0.1, 0.15) is 0 Å². The quantitative estimate of drug-likeness (QED) is 0.773. The van der Waals surface area contributed by atoms with Crippen molar-refractivity contribution in [2.75, 3.05) is 6.61 Å². The zero-order chi connectivity index (χ0) is 13.1. The van der Waals surface area contributed by atoms with E-state index in [0.29, 0.717) is 0 Å². The molecule has 0 atom stereocenters. The standard InChI is InChI=1S/C10H10F3NO3/c1-3-5-6-14-7(9(15)16-4-2)8(17-6)10(11,12)13/h3,5H,4H2,1-2H3/b5-3+. The van der Waals surface area contributed by atoms with E-state index in [4.69, 9.17) is 0 Å². The molecule has 1 aromatic heterocycles. The van der Waals surface area contributed by atoms with E-state index in [0.717, 1.165) is 0 Å². The minimum Gasteiger partial charge on any atom is -0.461 e. The zero-order valence-corrected chi connectivity index (χ0v) is 9.17. The van der Waals surface area contributed by atoms with Gasteiger partial charge in [0, 0.05) is 0 Å². The Balaban J connectivity index is 3.21. The SMILES string of the molecule is C/C=C/c1nc(C(=O)OCC)c(C(F)(F)F)o1. The number of oxazole rings is 1. The summed E-state index contributed by atoms with van der Waals surface area (Å²) in [4.78, 5) is 14.7. The van der Waals surface area contributed by atoms with E-state index < -0.39 is 23.6 Å². The maximum Gasteiger partial charge on any atom is 0.452 e. The molecule has 0 aliphatic carbocycles. The van der Waals surface area contributed by atoms with Gasteiger partial charge in [0.05, 0.1) is 6.61 Å². The normalized spacial score (nSPS) is 12.1. The number of carbonyl (C=O) groups is 1. The Labute approximate surface area is 95.1 Å². The summed E-state index contributed by atoms with van der Waals surface area (Å²) in [5.74, 6) is -2.88. The molecule has 1 aromatic rings. The highest BCUT2D eigenvalue weighted by molar-refractivity contribution is 5.88. The smallest absolute Gasteiger partial charge is 0.452 e. The molecule has 0 saturated carbocycles. The molecule has 0 aromatic carbocycles. The summed E-state index contributed by atoms with van der Waals surface area (Å²) in [5.41, 5.74) is -0.854. The number of hydrogen-bond donors (Lipinski definition) is 0. The molecular formula is C10H10F3NO3. The molecule has 0 amide bonds. The van der Waals surface area contributed by atoms with Gasteiger partial charge in [0.25, 0.3) is 0 Å². The molecule has 0 aliphatic heterocycles. The van der Waals surface area contributed by atoms with Gasteiger partial charge in [-0.2, -0.15) is 13.2 Å². The van der Waals surface area contributed by atoms with E-state index in [1.165, 1.54) is 19.1 Å². The maximum atomic E-state index is 12.5. The summed E-state index contributed by atoms with van der Waals surface area (Å²) in [6.07, 6.45) is -2.12. The molecule has 1 rings (SSSR count). The average Bonchev–Trinajstić information content (AvgIpc) is 2.62. The minimum atomic E-state index is -4.78.